The predicted molar refractivity (Wildman–Crippen MR) is 76.9 cm³/mol. The van der Waals surface area contributed by atoms with Crippen LogP contribution in [0.5, 0.6) is 0 Å². The molecular weight excluding hydrogens is 234 g/mol. The molecule has 0 saturated heterocycles. The molecule has 3 heteroatoms. The predicted octanol–water partition coefficient (Wildman–Crippen LogP) is 3.29. The van der Waals surface area contributed by atoms with Crippen LogP contribution in [0.25, 0.3) is 11.7 Å². The maximum Gasteiger partial charge on any atom is 0.168 e. The highest BCUT2D eigenvalue weighted by Crippen LogP contribution is 2.12. The largest absolute Gasteiger partial charge is 0.286 e. The van der Waals surface area contributed by atoms with E-state index in [1.807, 2.05) is 29.7 Å². The molecule has 94 valence electrons. The zero-order valence-corrected chi connectivity index (χ0v) is 10.8. The van der Waals surface area contributed by atoms with E-state index in [2.05, 4.69) is 52.7 Å². The fraction of sp³-hybridized carbons (Fsp3) is 0.125. The lowest BCUT2D eigenvalue weighted by atomic mass is 10.1. The SMILES string of the molecule is Cc1nnc2c(/C=C/Cc3ccccc3)cccn12. The molecule has 0 radical (unpaired) electrons. The van der Waals surface area contributed by atoms with Crippen LogP contribution in [0.3, 0.4) is 0 Å². The van der Waals surface area contributed by atoms with Crippen LogP contribution in [0.1, 0.15) is 17.0 Å². The van der Waals surface area contributed by atoms with Crippen LogP contribution < -0.4 is 0 Å². The Morgan fingerprint density at radius 1 is 1.05 bits per heavy atom. The number of fused-ring (bicyclic) bond motifs is 1. The lowest BCUT2D eigenvalue weighted by Crippen LogP contribution is -1.89. The third-order valence-corrected chi connectivity index (χ3v) is 3.13. The van der Waals surface area contributed by atoms with Crippen LogP contribution in [0.15, 0.2) is 54.7 Å². The van der Waals surface area contributed by atoms with Crippen molar-refractivity contribution >= 4 is 11.7 Å². The minimum atomic E-state index is 0.907. The average Bonchev–Trinajstić information content (AvgIpc) is 2.83. The maximum absolute atomic E-state index is 4.21. The highest BCUT2D eigenvalue weighted by molar-refractivity contribution is 5.65. The third-order valence-electron chi connectivity index (χ3n) is 3.13. The normalized spacial score (nSPS) is 11.4. The first kappa shape index (κ1) is 11.7. The van der Waals surface area contributed by atoms with Crippen molar-refractivity contribution in [1.29, 1.82) is 0 Å². The number of aromatic nitrogens is 3. The van der Waals surface area contributed by atoms with E-state index < -0.39 is 0 Å². The second kappa shape index (κ2) is 5.06. The summed E-state index contributed by atoms with van der Waals surface area (Å²) in [5.41, 5.74) is 3.31. The minimum Gasteiger partial charge on any atom is -0.286 e. The number of hydrogen-bond donors (Lipinski definition) is 0. The van der Waals surface area contributed by atoms with Crippen LogP contribution in [0.2, 0.25) is 0 Å². The van der Waals surface area contributed by atoms with Crippen molar-refractivity contribution in [2.24, 2.45) is 0 Å². The summed E-state index contributed by atoms with van der Waals surface area (Å²) in [6, 6.07) is 14.5. The van der Waals surface area contributed by atoms with Crippen molar-refractivity contribution in [3.8, 4) is 0 Å². The van der Waals surface area contributed by atoms with Crippen molar-refractivity contribution in [2.45, 2.75) is 13.3 Å². The van der Waals surface area contributed by atoms with Crippen molar-refractivity contribution in [1.82, 2.24) is 14.6 Å². The Kier molecular flexibility index (Phi) is 3.11. The van der Waals surface area contributed by atoms with E-state index >= 15 is 0 Å². The molecule has 3 rings (SSSR count). The molecular formula is C16H15N3. The van der Waals surface area contributed by atoms with Gasteiger partial charge in [0.1, 0.15) is 5.82 Å². The minimum absolute atomic E-state index is 0.907. The first-order chi connectivity index (χ1) is 9.34. The molecule has 0 atom stereocenters. The standard InChI is InChI=1S/C16H15N3/c1-13-17-18-16-15(11-6-12-19(13)16)10-5-9-14-7-3-2-4-8-14/h2-8,10-12H,9H2,1H3/b10-5+. The molecule has 1 aromatic carbocycles. The molecule has 0 spiro atoms. The molecule has 3 aromatic rings. The molecule has 0 amide bonds. The quantitative estimate of drug-likeness (QED) is 0.713. The van der Waals surface area contributed by atoms with Crippen LogP contribution in [-0.4, -0.2) is 14.6 Å². The lowest BCUT2D eigenvalue weighted by Gasteiger charge is -1.98. The van der Waals surface area contributed by atoms with E-state index in [1.54, 1.807) is 0 Å². The monoisotopic (exact) mass is 249 g/mol. The van der Waals surface area contributed by atoms with Crippen LogP contribution >= 0.6 is 0 Å². The van der Waals surface area contributed by atoms with Gasteiger partial charge in [0.25, 0.3) is 0 Å². The Hall–Kier alpha value is -2.42. The molecule has 0 unspecified atom stereocenters. The molecule has 19 heavy (non-hydrogen) atoms. The van der Waals surface area contributed by atoms with Gasteiger partial charge >= 0.3 is 0 Å². The summed E-state index contributed by atoms with van der Waals surface area (Å²) in [6.45, 7) is 1.96. The Bertz CT molecular complexity index is 711. The van der Waals surface area contributed by atoms with E-state index in [-0.39, 0.29) is 0 Å². The Balaban J connectivity index is 1.85. The summed E-state index contributed by atoms with van der Waals surface area (Å²) in [7, 11) is 0. The third kappa shape index (κ3) is 2.40. The molecule has 0 aliphatic heterocycles. The summed E-state index contributed by atoms with van der Waals surface area (Å²) >= 11 is 0. The maximum atomic E-state index is 4.21. The molecule has 2 heterocycles. The van der Waals surface area contributed by atoms with Gasteiger partial charge in [-0.05, 0) is 31.0 Å². The first-order valence-corrected chi connectivity index (χ1v) is 6.35. The van der Waals surface area contributed by atoms with Crippen molar-refractivity contribution in [3.05, 3.63) is 71.7 Å². The average molecular weight is 249 g/mol. The van der Waals surface area contributed by atoms with Crippen molar-refractivity contribution in [2.75, 3.05) is 0 Å². The summed E-state index contributed by atoms with van der Waals surface area (Å²) in [4.78, 5) is 0. The molecule has 0 fully saturated rings. The highest BCUT2D eigenvalue weighted by Gasteiger charge is 2.02. The van der Waals surface area contributed by atoms with Gasteiger partial charge in [0, 0.05) is 11.8 Å². The van der Waals surface area contributed by atoms with Gasteiger partial charge in [0.15, 0.2) is 5.65 Å². The Morgan fingerprint density at radius 2 is 1.89 bits per heavy atom. The molecule has 0 aliphatic carbocycles. The lowest BCUT2D eigenvalue weighted by molar-refractivity contribution is 1.01. The zero-order valence-electron chi connectivity index (χ0n) is 10.8. The number of pyridine rings is 1. The number of hydrogen-bond acceptors (Lipinski definition) is 2. The molecule has 0 saturated carbocycles. The number of nitrogens with zero attached hydrogens (tertiary/aromatic N) is 3. The molecule has 0 aliphatic rings. The van der Waals surface area contributed by atoms with Gasteiger partial charge < -0.3 is 0 Å². The second-order valence-corrected chi connectivity index (χ2v) is 4.50. The fourth-order valence-electron chi connectivity index (χ4n) is 2.12. The molecule has 0 bridgehead atoms. The van der Waals surface area contributed by atoms with Gasteiger partial charge in [-0.25, -0.2) is 0 Å². The van der Waals surface area contributed by atoms with Gasteiger partial charge in [-0.2, -0.15) is 0 Å². The van der Waals surface area contributed by atoms with E-state index in [0.717, 1.165) is 23.5 Å². The second-order valence-electron chi connectivity index (χ2n) is 4.50. The van der Waals surface area contributed by atoms with Crippen LogP contribution in [-0.2, 0) is 6.42 Å². The van der Waals surface area contributed by atoms with Gasteiger partial charge in [-0.1, -0.05) is 42.5 Å². The fourth-order valence-corrected chi connectivity index (χ4v) is 2.12. The summed E-state index contributed by atoms with van der Waals surface area (Å²) in [6.07, 6.45) is 7.18. The summed E-state index contributed by atoms with van der Waals surface area (Å²) in [5, 5.41) is 8.31. The number of allylic oxidation sites excluding steroid dienone is 1. The number of rotatable bonds is 3. The smallest absolute Gasteiger partial charge is 0.168 e. The molecule has 3 nitrogen and oxygen atoms in total. The molecule has 0 N–H and O–H groups in total. The van der Waals surface area contributed by atoms with Gasteiger partial charge in [-0.15, -0.1) is 10.2 Å². The Morgan fingerprint density at radius 3 is 2.74 bits per heavy atom. The topological polar surface area (TPSA) is 30.2 Å². The van der Waals surface area contributed by atoms with E-state index in [0.29, 0.717) is 0 Å². The first-order valence-electron chi connectivity index (χ1n) is 6.35. The van der Waals surface area contributed by atoms with E-state index in [4.69, 9.17) is 0 Å². The zero-order chi connectivity index (χ0) is 13.1. The highest BCUT2D eigenvalue weighted by atomic mass is 15.2. The van der Waals surface area contributed by atoms with Gasteiger partial charge in [0.05, 0.1) is 0 Å². The summed E-state index contributed by atoms with van der Waals surface area (Å²) < 4.78 is 2.00. The number of aryl methyl sites for hydroxylation is 1. The van der Waals surface area contributed by atoms with E-state index in [9.17, 15) is 0 Å². The summed E-state index contributed by atoms with van der Waals surface area (Å²) in [5.74, 6) is 0.910. The van der Waals surface area contributed by atoms with Crippen molar-refractivity contribution < 1.29 is 0 Å². The van der Waals surface area contributed by atoms with Gasteiger partial charge in [-0.3, -0.25) is 4.40 Å². The van der Waals surface area contributed by atoms with Gasteiger partial charge in [0.2, 0.25) is 0 Å². The van der Waals surface area contributed by atoms with Crippen LogP contribution in [0, 0.1) is 6.92 Å². The van der Waals surface area contributed by atoms with E-state index in [1.165, 1.54) is 5.56 Å². The Labute approximate surface area is 112 Å². The molecule has 2 aromatic heterocycles. The van der Waals surface area contributed by atoms with Crippen LogP contribution in [0.4, 0.5) is 0 Å². The number of benzene rings is 1. The van der Waals surface area contributed by atoms with Crippen molar-refractivity contribution in [3.63, 3.8) is 0 Å².